The number of rotatable bonds is 6. The molecule has 2 N–H and O–H groups in total. The maximum Gasteiger partial charge on any atom is 0.411 e. The molecule has 0 unspecified atom stereocenters. The molecule has 3 aromatic heterocycles. The Morgan fingerprint density at radius 3 is 2.59 bits per heavy atom. The monoisotopic (exact) mass is 520 g/mol. The van der Waals surface area contributed by atoms with Gasteiger partial charge in [-0.1, -0.05) is 34.8 Å². The summed E-state index contributed by atoms with van der Waals surface area (Å²) in [7, 11) is 0. The average molecular weight is 522 g/mol. The molecule has 34 heavy (non-hydrogen) atoms. The third-order valence-corrected chi connectivity index (χ3v) is 5.18. The Morgan fingerprint density at radius 1 is 1.09 bits per heavy atom. The van der Waals surface area contributed by atoms with Gasteiger partial charge in [0.05, 0.1) is 17.6 Å². The highest BCUT2D eigenvalue weighted by molar-refractivity contribution is 6.67. The summed E-state index contributed by atoms with van der Waals surface area (Å²) >= 11 is 16.8. The van der Waals surface area contributed by atoms with Crippen LogP contribution < -0.4 is 10.6 Å². The van der Waals surface area contributed by atoms with Crippen LogP contribution in [0.4, 0.5) is 16.3 Å². The van der Waals surface area contributed by atoms with Gasteiger partial charge in [-0.2, -0.15) is 0 Å². The normalized spacial score (nSPS) is 13.3. The van der Waals surface area contributed by atoms with E-state index in [1.54, 1.807) is 36.7 Å². The molecule has 9 nitrogen and oxygen atoms in total. The van der Waals surface area contributed by atoms with Gasteiger partial charge >= 0.3 is 6.09 Å². The minimum absolute atomic E-state index is 0.0299. The van der Waals surface area contributed by atoms with E-state index in [4.69, 9.17) is 39.5 Å². The first-order valence-corrected chi connectivity index (χ1v) is 11.4. The standard InChI is InChI=1S/C22H19Cl3N6O3/c1-12-16(9-15(10-28-12)29-21(33)34-11-22(23,24)25)17-5-7-27-19(30-17)14-4-6-26-18(8-14)31-20(32)13-2-3-13/h4-10,13H,2-3,11H2,1H3,(H,29,33)(H,26,31,32). The van der Waals surface area contributed by atoms with Crippen LogP contribution in [0.2, 0.25) is 0 Å². The molecule has 2 amide bonds. The Labute approximate surface area is 210 Å². The molecular weight excluding hydrogens is 503 g/mol. The van der Waals surface area contributed by atoms with E-state index in [1.165, 1.54) is 6.20 Å². The fourth-order valence-electron chi connectivity index (χ4n) is 3.02. The molecule has 4 rings (SSSR count). The summed E-state index contributed by atoms with van der Waals surface area (Å²) in [6, 6.07) is 6.92. The lowest BCUT2D eigenvalue weighted by Gasteiger charge is -2.13. The van der Waals surface area contributed by atoms with Crippen molar-refractivity contribution in [1.29, 1.82) is 0 Å². The molecule has 3 heterocycles. The molecule has 0 aliphatic heterocycles. The Morgan fingerprint density at radius 2 is 1.85 bits per heavy atom. The summed E-state index contributed by atoms with van der Waals surface area (Å²) in [6.07, 6.45) is 5.72. The minimum Gasteiger partial charge on any atom is -0.445 e. The zero-order valence-corrected chi connectivity index (χ0v) is 20.2. The number of aryl methyl sites for hydroxylation is 1. The van der Waals surface area contributed by atoms with Crippen molar-refractivity contribution in [2.45, 2.75) is 23.6 Å². The SMILES string of the molecule is Cc1ncc(NC(=O)OCC(Cl)(Cl)Cl)cc1-c1ccnc(-c2ccnc(NC(=O)C3CC3)c2)n1. The van der Waals surface area contributed by atoms with Gasteiger partial charge < -0.3 is 10.1 Å². The van der Waals surface area contributed by atoms with Gasteiger partial charge in [0.25, 0.3) is 0 Å². The molecule has 1 saturated carbocycles. The van der Waals surface area contributed by atoms with E-state index in [2.05, 4.69) is 30.6 Å². The lowest BCUT2D eigenvalue weighted by Crippen LogP contribution is -2.21. The third-order valence-electron chi connectivity index (χ3n) is 4.85. The number of amides is 2. The number of carbonyl (C=O) groups excluding carboxylic acids is 2. The van der Waals surface area contributed by atoms with Crippen LogP contribution in [0.25, 0.3) is 22.6 Å². The second-order valence-corrected chi connectivity index (χ2v) is 10.1. The molecule has 1 aliphatic rings. The zero-order chi connectivity index (χ0) is 24.3. The molecule has 3 aromatic rings. The van der Waals surface area contributed by atoms with Crippen LogP contribution in [0.1, 0.15) is 18.5 Å². The molecule has 1 fully saturated rings. The Balaban J connectivity index is 1.54. The summed E-state index contributed by atoms with van der Waals surface area (Å²) in [5, 5.41) is 5.37. The Kier molecular flexibility index (Phi) is 7.16. The topological polar surface area (TPSA) is 119 Å². The molecule has 0 radical (unpaired) electrons. The van der Waals surface area contributed by atoms with Crippen LogP contribution >= 0.6 is 34.8 Å². The number of alkyl halides is 3. The number of ether oxygens (including phenoxy) is 1. The largest absolute Gasteiger partial charge is 0.445 e. The third kappa shape index (κ3) is 6.53. The molecule has 176 valence electrons. The van der Waals surface area contributed by atoms with Gasteiger partial charge in [0.2, 0.25) is 9.70 Å². The fraction of sp³-hybridized carbons (Fsp3) is 0.273. The number of nitrogens with one attached hydrogen (secondary N) is 2. The van der Waals surface area contributed by atoms with Crippen LogP contribution in [-0.2, 0) is 9.53 Å². The van der Waals surface area contributed by atoms with Gasteiger partial charge in [0, 0.05) is 35.1 Å². The highest BCUT2D eigenvalue weighted by Gasteiger charge is 2.29. The number of aromatic nitrogens is 4. The smallest absolute Gasteiger partial charge is 0.411 e. The van der Waals surface area contributed by atoms with Gasteiger partial charge in [-0.25, -0.2) is 19.7 Å². The second-order valence-electron chi connectivity index (χ2n) is 7.63. The Bertz CT molecular complexity index is 1230. The summed E-state index contributed by atoms with van der Waals surface area (Å²) in [5.41, 5.74) is 3.03. The van der Waals surface area contributed by atoms with E-state index in [-0.39, 0.29) is 11.8 Å². The van der Waals surface area contributed by atoms with E-state index in [1.807, 2.05) is 6.92 Å². The van der Waals surface area contributed by atoms with Crippen molar-refractivity contribution in [3.8, 4) is 22.6 Å². The number of anilines is 2. The van der Waals surface area contributed by atoms with Crippen LogP contribution in [0.3, 0.4) is 0 Å². The van der Waals surface area contributed by atoms with Crippen molar-refractivity contribution in [3.63, 3.8) is 0 Å². The van der Waals surface area contributed by atoms with Crippen LogP contribution in [0.15, 0.2) is 42.9 Å². The number of carbonyl (C=O) groups is 2. The number of pyridine rings is 2. The number of nitrogens with zero attached hydrogens (tertiary/aromatic N) is 4. The van der Waals surface area contributed by atoms with Crippen molar-refractivity contribution in [2.24, 2.45) is 5.92 Å². The maximum atomic E-state index is 12.0. The molecule has 12 heteroatoms. The molecule has 0 atom stereocenters. The van der Waals surface area contributed by atoms with Gasteiger partial charge in [-0.3, -0.25) is 15.1 Å². The van der Waals surface area contributed by atoms with Crippen molar-refractivity contribution in [2.75, 3.05) is 17.2 Å². The quantitative estimate of drug-likeness (QED) is 0.429. The summed E-state index contributed by atoms with van der Waals surface area (Å²) < 4.78 is 3.18. The van der Waals surface area contributed by atoms with Crippen molar-refractivity contribution in [3.05, 3.63) is 48.5 Å². The van der Waals surface area contributed by atoms with Crippen molar-refractivity contribution in [1.82, 2.24) is 19.9 Å². The van der Waals surface area contributed by atoms with Crippen molar-refractivity contribution < 1.29 is 14.3 Å². The van der Waals surface area contributed by atoms with Gasteiger partial charge in [0.15, 0.2) is 5.82 Å². The first-order valence-electron chi connectivity index (χ1n) is 10.3. The lowest BCUT2D eigenvalue weighted by molar-refractivity contribution is -0.117. The fourth-order valence-corrected chi connectivity index (χ4v) is 3.19. The van der Waals surface area contributed by atoms with E-state index >= 15 is 0 Å². The molecule has 0 bridgehead atoms. The predicted molar refractivity (Wildman–Crippen MR) is 130 cm³/mol. The number of hydrogen-bond acceptors (Lipinski definition) is 7. The predicted octanol–water partition coefficient (Wildman–Crippen LogP) is 5.18. The van der Waals surface area contributed by atoms with E-state index in [0.717, 1.165) is 12.8 Å². The molecule has 0 aromatic carbocycles. The van der Waals surface area contributed by atoms with Gasteiger partial charge in [0.1, 0.15) is 12.4 Å². The van der Waals surface area contributed by atoms with Gasteiger partial charge in [-0.05, 0) is 44.0 Å². The van der Waals surface area contributed by atoms with E-state index < -0.39 is 16.5 Å². The lowest BCUT2D eigenvalue weighted by atomic mass is 10.1. The molecular formula is C22H19Cl3N6O3. The summed E-state index contributed by atoms with van der Waals surface area (Å²) in [5.74, 6) is 0.932. The first-order chi connectivity index (χ1) is 16.2. The van der Waals surface area contributed by atoms with Crippen LogP contribution in [0.5, 0.6) is 0 Å². The highest BCUT2D eigenvalue weighted by atomic mass is 35.6. The van der Waals surface area contributed by atoms with Crippen molar-refractivity contribution >= 4 is 58.3 Å². The van der Waals surface area contributed by atoms with Crippen LogP contribution in [-0.4, -0.2) is 42.3 Å². The minimum atomic E-state index is -1.71. The summed E-state index contributed by atoms with van der Waals surface area (Å²) in [4.78, 5) is 41.6. The number of halogens is 3. The molecule has 1 aliphatic carbocycles. The average Bonchev–Trinajstić information content (AvgIpc) is 3.65. The van der Waals surface area contributed by atoms with E-state index in [0.29, 0.717) is 39.8 Å². The zero-order valence-electron chi connectivity index (χ0n) is 17.9. The first kappa shape index (κ1) is 24.1. The number of hydrogen-bond donors (Lipinski definition) is 2. The van der Waals surface area contributed by atoms with Crippen LogP contribution in [0, 0.1) is 12.8 Å². The molecule has 0 saturated heterocycles. The van der Waals surface area contributed by atoms with E-state index in [9.17, 15) is 9.59 Å². The Hall–Kier alpha value is -3.01. The maximum absolute atomic E-state index is 12.0. The highest BCUT2D eigenvalue weighted by Crippen LogP contribution is 2.31. The second kappa shape index (κ2) is 10.1. The molecule has 0 spiro atoms. The van der Waals surface area contributed by atoms with Gasteiger partial charge in [-0.15, -0.1) is 0 Å². The summed E-state index contributed by atoms with van der Waals surface area (Å²) in [6.45, 7) is 1.42.